The minimum absolute atomic E-state index is 0.189. The molecule has 2 aromatic carbocycles. The molecule has 0 saturated heterocycles. The SMILES string of the molecule is Cc1nc2ccc(C(=O)NCc3nc4ccc(Cl)cc4[nH]3)cc2nc1C. The number of carbonyl (C=O) groups excluding carboxylic acids is 1. The minimum Gasteiger partial charge on any atom is -0.345 e. The van der Waals surface area contributed by atoms with Gasteiger partial charge < -0.3 is 10.3 Å². The third-order valence-electron chi connectivity index (χ3n) is 4.25. The van der Waals surface area contributed by atoms with Gasteiger partial charge in [-0.3, -0.25) is 4.79 Å². The Morgan fingerprint density at radius 2 is 1.73 bits per heavy atom. The molecule has 0 aliphatic heterocycles. The summed E-state index contributed by atoms with van der Waals surface area (Å²) < 4.78 is 0. The molecule has 2 aromatic heterocycles. The Morgan fingerprint density at radius 1 is 1.00 bits per heavy atom. The van der Waals surface area contributed by atoms with E-state index in [1.807, 2.05) is 32.0 Å². The number of nitrogens with zero attached hydrogens (tertiary/aromatic N) is 3. The number of imidazole rings is 1. The van der Waals surface area contributed by atoms with Gasteiger partial charge in [0.25, 0.3) is 5.91 Å². The molecule has 0 saturated carbocycles. The van der Waals surface area contributed by atoms with E-state index in [2.05, 4.69) is 25.3 Å². The maximum absolute atomic E-state index is 12.5. The molecule has 0 atom stereocenters. The summed E-state index contributed by atoms with van der Waals surface area (Å²) in [6, 6.07) is 10.7. The summed E-state index contributed by atoms with van der Waals surface area (Å²) >= 11 is 5.98. The van der Waals surface area contributed by atoms with Crippen molar-refractivity contribution < 1.29 is 4.79 Å². The lowest BCUT2D eigenvalue weighted by atomic mass is 10.1. The average molecular weight is 366 g/mol. The smallest absolute Gasteiger partial charge is 0.251 e. The van der Waals surface area contributed by atoms with Gasteiger partial charge in [-0.15, -0.1) is 0 Å². The third-order valence-corrected chi connectivity index (χ3v) is 4.48. The Labute approximate surface area is 154 Å². The lowest BCUT2D eigenvalue weighted by Crippen LogP contribution is -2.23. The van der Waals surface area contributed by atoms with Crippen molar-refractivity contribution in [1.29, 1.82) is 0 Å². The van der Waals surface area contributed by atoms with E-state index in [4.69, 9.17) is 11.6 Å². The summed E-state index contributed by atoms with van der Waals surface area (Å²) in [5.41, 5.74) is 5.42. The van der Waals surface area contributed by atoms with Crippen molar-refractivity contribution in [1.82, 2.24) is 25.3 Å². The highest BCUT2D eigenvalue weighted by Gasteiger charge is 2.10. The van der Waals surface area contributed by atoms with Crippen molar-refractivity contribution in [3.63, 3.8) is 0 Å². The molecule has 4 aromatic rings. The van der Waals surface area contributed by atoms with Gasteiger partial charge in [-0.05, 0) is 50.2 Å². The van der Waals surface area contributed by atoms with Crippen molar-refractivity contribution in [3.8, 4) is 0 Å². The lowest BCUT2D eigenvalue weighted by Gasteiger charge is -2.06. The zero-order chi connectivity index (χ0) is 18.3. The summed E-state index contributed by atoms with van der Waals surface area (Å²) in [7, 11) is 0. The predicted octanol–water partition coefficient (Wildman–Crippen LogP) is 3.71. The molecular formula is C19H16ClN5O. The largest absolute Gasteiger partial charge is 0.345 e. The number of H-pyrrole nitrogens is 1. The van der Waals surface area contributed by atoms with Gasteiger partial charge in [0.15, 0.2) is 0 Å². The second-order valence-corrected chi connectivity index (χ2v) is 6.56. The van der Waals surface area contributed by atoms with Crippen molar-refractivity contribution in [2.75, 3.05) is 0 Å². The number of aromatic nitrogens is 4. The van der Waals surface area contributed by atoms with Crippen LogP contribution in [0.3, 0.4) is 0 Å². The first-order valence-corrected chi connectivity index (χ1v) is 8.55. The first-order chi connectivity index (χ1) is 12.5. The Balaban J connectivity index is 1.53. The molecule has 1 amide bonds. The zero-order valence-corrected chi connectivity index (χ0v) is 15.1. The minimum atomic E-state index is -0.189. The van der Waals surface area contributed by atoms with Gasteiger partial charge in [-0.25, -0.2) is 15.0 Å². The highest BCUT2D eigenvalue weighted by atomic mass is 35.5. The third kappa shape index (κ3) is 3.11. The molecule has 26 heavy (non-hydrogen) atoms. The number of halogens is 1. The standard InChI is InChI=1S/C19H16ClN5O/c1-10-11(2)23-16-7-12(3-5-14(16)22-10)19(26)21-9-18-24-15-6-4-13(20)8-17(15)25-18/h3-8H,9H2,1-2H3,(H,21,26)(H,24,25). The highest BCUT2D eigenvalue weighted by Crippen LogP contribution is 2.17. The van der Waals surface area contributed by atoms with Crippen LogP contribution in [0.15, 0.2) is 36.4 Å². The molecule has 0 radical (unpaired) electrons. The molecule has 4 rings (SSSR count). The number of aromatic amines is 1. The molecule has 2 heterocycles. The molecule has 2 N–H and O–H groups in total. The van der Waals surface area contributed by atoms with Crippen molar-refractivity contribution >= 4 is 39.6 Å². The van der Waals surface area contributed by atoms with Gasteiger partial charge in [0.2, 0.25) is 0 Å². The van der Waals surface area contributed by atoms with E-state index in [-0.39, 0.29) is 5.91 Å². The van der Waals surface area contributed by atoms with Crippen LogP contribution in [-0.2, 0) is 6.54 Å². The van der Waals surface area contributed by atoms with Crippen LogP contribution >= 0.6 is 11.6 Å². The fourth-order valence-corrected chi connectivity index (χ4v) is 2.93. The van der Waals surface area contributed by atoms with Crippen LogP contribution in [0.4, 0.5) is 0 Å². The van der Waals surface area contributed by atoms with Gasteiger partial charge >= 0.3 is 0 Å². The van der Waals surface area contributed by atoms with Gasteiger partial charge in [0, 0.05) is 10.6 Å². The maximum Gasteiger partial charge on any atom is 0.251 e. The van der Waals surface area contributed by atoms with E-state index >= 15 is 0 Å². The van der Waals surface area contributed by atoms with Crippen LogP contribution in [0.5, 0.6) is 0 Å². The van der Waals surface area contributed by atoms with Crippen LogP contribution in [0.25, 0.3) is 22.1 Å². The number of carbonyl (C=O) groups is 1. The van der Waals surface area contributed by atoms with Crippen LogP contribution in [0, 0.1) is 13.8 Å². The molecule has 7 heteroatoms. The number of hydrogen-bond donors (Lipinski definition) is 2. The van der Waals surface area contributed by atoms with Crippen LogP contribution < -0.4 is 5.32 Å². The molecule has 0 spiro atoms. The van der Waals surface area contributed by atoms with Crippen LogP contribution in [0.2, 0.25) is 5.02 Å². The van der Waals surface area contributed by atoms with E-state index in [1.54, 1.807) is 18.2 Å². The highest BCUT2D eigenvalue weighted by molar-refractivity contribution is 6.31. The number of rotatable bonds is 3. The number of amides is 1. The normalized spacial score (nSPS) is 11.2. The molecular weight excluding hydrogens is 350 g/mol. The number of aryl methyl sites for hydroxylation is 2. The monoisotopic (exact) mass is 365 g/mol. The first kappa shape index (κ1) is 16.5. The van der Waals surface area contributed by atoms with E-state index in [9.17, 15) is 4.79 Å². The quantitative estimate of drug-likeness (QED) is 0.579. The molecule has 0 fully saturated rings. The number of fused-ring (bicyclic) bond motifs is 2. The summed E-state index contributed by atoms with van der Waals surface area (Å²) in [4.78, 5) is 29.0. The summed E-state index contributed by atoms with van der Waals surface area (Å²) in [5, 5.41) is 3.51. The van der Waals surface area contributed by atoms with E-state index in [0.717, 1.165) is 27.9 Å². The summed E-state index contributed by atoms with van der Waals surface area (Å²) in [6.45, 7) is 4.12. The lowest BCUT2D eigenvalue weighted by molar-refractivity contribution is 0.0950. The average Bonchev–Trinajstić information content (AvgIpc) is 3.02. The number of nitrogens with one attached hydrogen (secondary N) is 2. The fraction of sp³-hybridized carbons (Fsp3) is 0.158. The second-order valence-electron chi connectivity index (χ2n) is 6.13. The molecule has 0 aliphatic carbocycles. The van der Waals surface area contributed by atoms with Crippen LogP contribution in [-0.4, -0.2) is 25.8 Å². The van der Waals surface area contributed by atoms with Gasteiger partial charge in [0.1, 0.15) is 5.82 Å². The summed E-state index contributed by atoms with van der Waals surface area (Å²) in [5.74, 6) is 0.480. The predicted molar refractivity (Wildman–Crippen MR) is 101 cm³/mol. The van der Waals surface area contributed by atoms with E-state index in [0.29, 0.717) is 28.5 Å². The Morgan fingerprint density at radius 3 is 2.54 bits per heavy atom. The Bertz CT molecular complexity index is 1150. The van der Waals surface area contributed by atoms with Crippen molar-refractivity contribution in [2.24, 2.45) is 0 Å². The topological polar surface area (TPSA) is 83.6 Å². The molecule has 0 aliphatic rings. The zero-order valence-electron chi connectivity index (χ0n) is 14.3. The second kappa shape index (κ2) is 6.38. The molecule has 0 bridgehead atoms. The number of benzene rings is 2. The van der Waals surface area contributed by atoms with E-state index < -0.39 is 0 Å². The van der Waals surface area contributed by atoms with Crippen molar-refractivity contribution in [2.45, 2.75) is 20.4 Å². The van der Waals surface area contributed by atoms with Crippen LogP contribution in [0.1, 0.15) is 27.6 Å². The van der Waals surface area contributed by atoms with Gasteiger partial charge in [0.05, 0.1) is 40.0 Å². The van der Waals surface area contributed by atoms with E-state index in [1.165, 1.54) is 0 Å². The molecule has 6 nitrogen and oxygen atoms in total. The Kier molecular flexibility index (Phi) is 4.05. The van der Waals surface area contributed by atoms with Crippen molar-refractivity contribution in [3.05, 3.63) is 64.2 Å². The Hall–Kier alpha value is -2.99. The van der Waals surface area contributed by atoms with Gasteiger partial charge in [-0.1, -0.05) is 11.6 Å². The molecule has 130 valence electrons. The number of hydrogen-bond acceptors (Lipinski definition) is 4. The van der Waals surface area contributed by atoms with Gasteiger partial charge in [-0.2, -0.15) is 0 Å². The first-order valence-electron chi connectivity index (χ1n) is 8.17. The fourth-order valence-electron chi connectivity index (χ4n) is 2.76. The maximum atomic E-state index is 12.5. The molecule has 0 unspecified atom stereocenters. The summed E-state index contributed by atoms with van der Waals surface area (Å²) in [6.07, 6.45) is 0.